The molecule has 0 amide bonds. The monoisotopic (exact) mass is 182 g/mol. The zero-order valence-electron chi connectivity index (χ0n) is 7.69. The first-order valence-corrected chi connectivity index (χ1v) is 4.58. The van der Waals surface area contributed by atoms with Crippen LogP contribution in [0, 0.1) is 0 Å². The zero-order chi connectivity index (χ0) is 9.26. The van der Waals surface area contributed by atoms with E-state index in [4.69, 9.17) is 14.6 Å². The lowest BCUT2D eigenvalue weighted by atomic mass is 10.0. The molecule has 3 nitrogen and oxygen atoms in total. The Morgan fingerprint density at radius 1 is 1.46 bits per heavy atom. The van der Waals surface area contributed by atoms with Crippen LogP contribution in [0.1, 0.15) is 19.8 Å². The average molecular weight is 182 g/mol. The normalized spacial score (nSPS) is 30.9. The van der Waals surface area contributed by atoms with Gasteiger partial charge in [0.15, 0.2) is 12.6 Å². The largest absolute Gasteiger partial charge is 0.392 e. The lowest BCUT2D eigenvalue weighted by Crippen LogP contribution is -2.58. The number of aliphatic hydroxyl groups excluding tert-OH is 1. The van der Waals surface area contributed by atoms with Crippen LogP contribution in [0.5, 0.6) is 0 Å². The van der Waals surface area contributed by atoms with Crippen molar-refractivity contribution in [3.63, 3.8) is 0 Å². The summed E-state index contributed by atoms with van der Waals surface area (Å²) in [6.07, 6.45) is 5.99. The molecule has 72 valence electrons. The van der Waals surface area contributed by atoms with E-state index in [9.17, 15) is 0 Å². The second-order valence-corrected chi connectivity index (χ2v) is 3.41. The molecule has 3 saturated heterocycles. The molecule has 2 bridgehead atoms. The van der Waals surface area contributed by atoms with Gasteiger partial charge in [-0.05, 0) is 19.8 Å². The molecule has 3 heterocycles. The van der Waals surface area contributed by atoms with E-state index in [1.807, 2.05) is 13.0 Å². The van der Waals surface area contributed by atoms with Crippen molar-refractivity contribution in [3.8, 4) is 0 Å². The van der Waals surface area contributed by atoms with Crippen molar-refractivity contribution < 1.29 is 14.6 Å². The quantitative estimate of drug-likeness (QED) is 0.667. The SMILES string of the molecule is C/C(=C\CO)CCC=C1C2OC1O2. The first kappa shape index (κ1) is 8.94. The molecule has 3 fully saturated rings. The van der Waals surface area contributed by atoms with Gasteiger partial charge < -0.3 is 14.6 Å². The van der Waals surface area contributed by atoms with E-state index in [-0.39, 0.29) is 19.2 Å². The van der Waals surface area contributed by atoms with Crippen molar-refractivity contribution in [2.24, 2.45) is 0 Å². The summed E-state index contributed by atoms with van der Waals surface area (Å²) in [7, 11) is 0. The zero-order valence-corrected chi connectivity index (χ0v) is 7.69. The Morgan fingerprint density at radius 3 is 2.62 bits per heavy atom. The maximum Gasteiger partial charge on any atom is 0.191 e. The Labute approximate surface area is 77.7 Å². The maximum absolute atomic E-state index is 8.62. The third-order valence-electron chi connectivity index (χ3n) is 2.40. The summed E-state index contributed by atoms with van der Waals surface area (Å²) < 4.78 is 10.2. The predicted molar refractivity (Wildman–Crippen MR) is 47.9 cm³/mol. The summed E-state index contributed by atoms with van der Waals surface area (Å²) in [4.78, 5) is 0. The number of hydrogen-bond donors (Lipinski definition) is 1. The Morgan fingerprint density at radius 2 is 2.15 bits per heavy atom. The molecule has 3 aliphatic rings. The molecular weight excluding hydrogens is 168 g/mol. The van der Waals surface area contributed by atoms with E-state index in [2.05, 4.69) is 6.08 Å². The van der Waals surface area contributed by atoms with E-state index >= 15 is 0 Å². The molecule has 0 atom stereocenters. The van der Waals surface area contributed by atoms with E-state index in [0.29, 0.717) is 0 Å². The van der Waals surface area contributed by atoms with Gasteiger partial charge in [0.25, 0.3) is 0 Å². The lowest BCUT2D eigenvalue weighted by molar-refractivity contribution is -0.430. The van der Waals surface area contributed by atoms with E-state index < -0.39 is 0 Å². The van der Waals surface area contributed by atoms with Crippen molar-refractivity contribution >= 4 is 0 Å². The van der Waals surface area contributed by atoms with Crippen LogP contribution in [0.25, 0.3) is 0 Å². The summed E-state index contributed by atoms with van der Waals surface area (Å²) in [6, 6.07) is 0. The fraction of sp³-hybridized carbons (Fsp3) is 0.600. The summed E-state index contributed by atoms with van der Waals surface area (Å²) in [5, 5.41) is 8.62. The summed E-state index contributed by atoms with van der Waals surface area (Å²) in [5.41, 5.74) is 2.52. The molecule has 0 unspecified atom stereocenters. The molecule has 3 heteroatoms. The van der Waals surface area contributed by atoms with Gasteiger partial charge in [-0.15, -0.1) is 0 Å². The second kappa shape index (κ2) is 3.62. The topological polar surface area (TPSA) is 38.7 Å². The molecule has 1 N–H and O–H groups in total. The lowest BCUT2D eigenvalue weighted by Gasteiger charge is -2.51. The van der Waals surface area contributed by atoms with Crippen molar-refractivity contribution in [2.75, 3.05) is 6.61 Å². The van der Waals surface area contributed by atoms with Crippen LogP contribution < -0.4 is 0 Å². The highest BCUT2D eigenvalue weighted by molar-refractivity contribution is 5.23. The minimum Gasteiger partial charge on any atom is -0.392 e. The highest BCUT2D eigenvalue weighted by Crippen LogP contribution is 2.42. The highest BCUT2D eigenvalue weighted by atomic mass is 16.9. The van der Waals surface area contributed by atoms with Gasteiger partial charge in [-0.1, -0.05) is 17.7 Å². The third kappa shape index (κ3) is 1.68. The van der Waals surface area contributed by atoms with Crippen molar-refractivity contribution in [3.05, 3.63) is 23.3 Å². The summed E-state index contributed by atoms with van der Waals surface area (Å²) in [5.74, 6) is 0. The fourth-order valence-electron chi connectivity index (χ4n) is 1.43. The second-order valence-electron chi connectivity index (χ2n) is 3.41. The molecule has 0 aromatic heterocycles. The maximum atomic E-state index is 8.62. The predicted octanol–water partition coefficient (Wildman–Crippen LogP) is 1.34. The van der Waals surface area contributed by atoms with Gasteiger partial charge in [0.1, 0.15) is 0 Å². The first-order valence-electron chi connectivity index (χ1n) is 4.58. The van der Waals surface area contributed by atoms with Gasteiger partial charge in [0.2, 0.25) is 0 Å². The fourth-order valence-corrected chi connectivity index (χ4v) is 1.43. The molecule has 3 rings (SSSR count). The molecule has 0 aromatic carbocycles. The molecule has 0 radical (unpaired) electrons. The summed E-state index contributed by atoms with van der Waals surface area (Å²) >= 11 is 0. The van der Waals surface area contributed by atoms with Gasteiger partial charge in [0.05, 0.1) is 6.61 Å². The number of hydrogen-bond acceptors (Lipinski definition) is 3. The van der Waals surface area contributed by atoms with E-state index in [1.54, 1.807) is 0 Å². The van der Waals surface area contributed by atoms with Crippen molar-refractivity contribution in [1.82, 2.24) is 0 Å². The highest BCUT2D eigenvalue weighted by Gasteiger charge is 2.51. The molecule has 0 saturated carbocycles. The number of ether oxygens (including phenoxy) is 2. The van der Waals surface area contributed by atoms with Crippen LogP contribution in [-0.4, -0.2) is 24.3 Å². The molecule has 3 aliphatic heterocycles. The standard InChI is InChI=1S/C10H14O3/c1-7(5-6-11)3-2-4-8-9-12-10(8)13-9/h4-5,9-11H,2-3,6H2,1H3/b7-5+,8-4?. The van der Waals surface area contributed by atoms with Gasteiger partial charge in [-0.3, -0.25) is 0 Å². The molecule has 0 aliphatic carbocycles. The van der Waals surface area contributed by atoms with Crippen LogP contribution in [0.3, 0.4) is 0 Å². The van der Waals surface area contributed by atoms with Crippen molar-refractivity contribution in [2.45, 2.75) is 32.3 Å². The minimum absolute atomic E-state index is 0.0212. The van der Waals surface area contributed by atoms with Gasteiger partial charge in [-0.2, -0.15) is 0 Å². The van der Waals surface area contributed by atoms with Gasteiger partial charge in [-0.25, -0.2) is 0 Å². The molecule has 13 heavy (non-hydrogen) atoms. The molecule has 0 spiro atoms. The minimum atomic E-state index is -0.0212. The van der Waals surface area contributed by atoms with Crippen LogP contribution in [0.2, 0.25) is 0 Å². The third-order valence-corrected chi connectivity index (χ3v) is 2.40. The van der Waals surface area contributed by atoms with Crippen LogP contribution in [0.15, 0.2) is 23.3 Å². The molecule has 0 aromatic rings. The van der Waals surface area contributed by atoms with Crippen molar-refractivity contribution in [1.29, 1.82) is 0 Å². The van der Waals surface area contributed by atoms with E-state index in [1.165, 1.54) is 11.1 Å². The van der Waals surface area contributed by atoms with Crippen LogP contribution in [-0.2, 0) is 9.47 Å². The van der Waals surface area contributed by atoms with Crippen LogP contribution >= 0.6 is 0 Å². The Kier molecular flexibility index (Phi) is 2.49. The van der Waals surface area contributed by atoms with Gasteiger partial charge in [0, 0.05) is 5.57 Å². The number of allylic oxidation sites excluding steroid dienone is 2. The molecular formula is C10H14O3. The Bertz CT molecular complexity index is 239. The first-order chi connectivity index (χ1) is 6.31. The Hall–Kier alpha value is -0.640. The number of aliphatic hydroxyl groups is 1. The summed E-state index contributed by atoms with van der Waals surface area (Å²) in [6.45, 7) is 2.17. The van der Waals surface area contributed by atoms with Gasteiger partial charge >= 0.3 is 0 Å². The average Bonchev–Trinajstić information content (AvgIpc) is 1.94. The smallest absolute Gasteiger partial charge is 0.191 e. The Balaban J connectivity index is 1.69. The van der Waals surface area contributed by atoms with Crippen LogP contribution in [0.4, 0.5) is 0 Å². The van der Waals surface area contributed by atoms with E-state index in [0.717, 1.165) is 12.8 Å². The number of rotatable bonds is 4.